The Morgan fingerprint density at radius 3 is 3.14 bits per heavy atom. The van der Waals surface area contributed by atoms with Crippen molar-refractivity contribution >= 4 is 5.88 Å². The molecule has 0 aromatic carbocycles. The molecule has 1 aliphatic rings. The standard InChI is InChI=1S/C4H4N2O/c1-3-4(5-1)7-2-6-3/h2,5H,1H2. The Hall–Kier alpha value is -0.990. The SMILES string of the molecule is c1nc2c(o1)NC2. The first-order valence-electron chi connectivity index (χ1n) is 2.13. The molecule has 7 heavy (non-hydrogen) atoms. The van der Waals surface area contributed by atoms with Crippen LogP contribution in [0, 0.1) is 0 Å². The molecule has 0 radical (unpaired) electrons. The lowest BCUT2D eigenvalue weighted by molar-refractivity contribution is 0.560. The third-order valence-electron chi connectivity index (χ3n) is 1.06. The van der Waals surface area contributed by atoms with Crippen LogP contribution in [0.15, 0.2) is 10.8 Å². The summed E-state index contributed by atoms with van der Waals surface area (Å²) in [6, 6.07) is 0. The number of rotatable bonds is 0. The summed E-state index contributed by atoms with van der Waals surface area (Å²) in [5.41, 5.74) is 1.04. The van der Waals surface area contributed by atoms with Crippen LogP contribution in [0.4, 0.5) is 5.88 Å². The number of hydrogen-bond acceptors (Lipinski definition) is 3. The van der Waals surface area contributed by atoms with E-state index >= 15 is 0 Å². The number of oxazole rings is 1. The maximum Gasteiger partial charge on any atom is 0.218 e. The van der Waals surface area contributed by atoms with Crippen molar-refractivity contribution < 1.29 is 4.42 Å². The minimum Gasteiger partial charge on any atom is -0.428 e. The Morgan fingerprint density at radius 1 is 1.86 bits per heavy atom. The topological polar surface area (TPSA) is 38.1 Å². The highest BCUT2D eigenvalue weighted by atomic mass is 16.4. The van der Waals surface area contributed by atoms with Gasteiger partial charge in [-0.05, 0) is 0 Å². The summed E-state index contributed by atoms with van der Waals surface area (Å²) in [6.45, 7) is 0.867. The molecule has 0 aliphatic carbocycles. The van der Waals surface area contributed by atoms with Gasteiger partial charge in [-0.15, -0.1) is 0 Å². The summed E-state index contributed by atoms with van der Waals surface area (Å²) in [5.74, 6) is 0.833. The monoisotopic (exact) mass is 96.0 g/mol. The smallest absolute Gasteiger partial charge is 0.218 e. The highest BCUT2D eigenvalue weighted by Crippen LogP contribution is 2.22. The van der Waals surface area contributed by atoms with Crippen LogP contribution in [0.1, 0.15) is 5.69 Å². The zero-order valence-corrected chi connectivity index (χ0v) is 3.64. The van der Waals surface area contributed by atoms with E-state index in [4.69, 9.17) is 4.42 Å². The highest BCUT2D eigenvalue weighted by molar-refractivity contribution is 5.45. The lowest BCUT2D eigenvalue weighted by Gasteiger charge is -2.09. The fraction of sp³-hybridized carbons (Fsp3) is 0.250. The lowest BCUT2D eigenvalue weighted by Crippen LogP contribution is -2.11. The van der Waals surface area contributed by atoms with E-state index in [-0.39, 0.29) is 0 Å². The van der Waals surface area contributed by atoms with Crippen LogP contribution in [0.5, 0.6) is 0 Å². The van der Waals surface area contributed by atoms with E-state index < -0.39 is 0 Å². The molecular formula is C4H4N2O. The van der Waals surface area contributed by atoms with Crippen LogP contribution >= 0.6 is 0 Å². The van der Waals surface area contributed by atoms with Gasteiger partial charge in [0.15, 0.2) is 6.39 Å². The summed E-state index contributed by atoms with van der Waals surface area (Å²) in [5, 5.41) is 2.94. The van der Waals surface area contributed by atoms with Crippen molar-refractivity contribution in [3.05, 3.63) is 12.1 Å². The predicted octanol–water partition coefficient (Wildman–Crippen LogP) is 0.600. The van der Waals surface area contributed by atoms with Crippen molar-refractivity contribution in [2.45, 2.75) is 6.54 Å². The van der Waals surface area contributed by atoms with Gasteiger partial charge in [0.2, 0.25) is 5.88 Å². The number of aromatic nitrogens is 1. The molecule has 0 spiro atoms. The third kappa shape index (κ3) is 0.231. The first-order valence-corrected chi connectivity index (χ1v) is 2.13. The molecule has 0 saturated carbocycles. The molecular weight excluding hydrogens is 92.1 g/mol. The van der Waals surface area contributed by atoms with Crippen molar-refractivity contribution in [1.29, 1.82) is 0 Å². The van der Waals surface area contributed by atoms with E-state index in [1.54, 1.807) is 0 Å². The van der Waals surface area contributed by atoms with Crippen molar-refractivity contribution in [1.82, 2.24) is 4.98 Å². The van der Waals surface area contributed by atoms with E-state index in [9.17, 15) is 0 Å². The Bertz CT molecular complexity index is 163. The predicted molar refractivity (Wildman–Crippen MR) is 23.8 cm³/mol. The Morgan fingerprint density at radius 2 is 2.86 bits per heavy atom. The number of hydrogen-bond donors (Lipinski definition) is 1. The largest absolute Gasteiger partial charge is 0.428 e. The lowest BCUT2D eigenvalue weighted by atomic mass is 10.3. The fourth-order valence-electron chi connectivity index (χ4n) is 0.596. The van der Waals surface area contributed by atoms with Gasteiger partial charge in [-0.1, -0.05) is 0 Å². The number of nitrogens with zero attached hydrogens (tertiary/aromatic N) is 1. The summed E-state index contributed by atoms with van der Waals surface area (Å²) in [4.78, 5) is 3.87. The van der Waals surface area contributed by atoms with Gasteiger partial charge >= 0.3 is 0 Å². The van der Waals surface area contributed by atoms with Gasteiger partial charge in [0.25, 0.3) is 0 Å². The van der Waals surface area contributed by atoms with Gasteiger partial charge in [-0.3, -0.25) is 0 Å². The highest BCUT2D eigenvalue weighted by Gasteiger charge is 2.15. The number of fused-ring (bicyclic) bond motifs is 1. The molecule has 2 heterocycles. The van der Waals surface area contributed by atoms with Gasteiger partial charge in [0.1, 0.15) is 5.69 Å². The first-order chi connectivity index (χ1) is 3.47. The summed E-state index contributed by atoms with van der Waals surface area (Å²) in [7, 11) is 0. The Balaban J connectivity index is 2.69. The fourth-order valence-corrected chi connectivity index (χ4v) is 0.596. The molecule has 0 atom stereocenters. The third-order valence-corrected chi connectivity index (χ3v) is 1.06. The normalized spacial score (nSPS) is 14.3. The summed E-state index contributed by atoms with van der Waals surface area (Å²) < 4.78 is 4.83. The van der Waals surface area contributed by atoms with E-state index in [1.807, 2.05) is 0 Å². The molecule has 36 valence electrons. The van der Waals surface area contributed by atoms with Crippen LogP contribution in [-0.4, -0.2) is 4.98 Å². The summed E-state index contributed by atoms with van der Waals surface area (Å²) in [6.07, 6.45) is 1.45. The van der Waals surface area contributed by atoms with Gasteiger partial charge < -0.3 is 9.73 Å². The van der Waals surface area contributed by atoms with Gasteiger partial charge in [-0.2, -0.15) is 0 Å². The Kier molecular flexibility index (Phi) is 0.353. The van der Waals surface area contributed by atoms with Crippen LogP contribution < -0.4 is 5.32 Å². The molecule has 2 rings (SSSR count). The molecule has 0 unspecified atom stereocenters. The molecule has 1 aromatic rings. The van der Waals surface area contributed by atoms with E-state index in [0.29, 0.717) is 0 Å². The second kappa shape index (κ2) is 0.804. The van der Waals surface area contributed by atoms with Crippen LogP contribution in [-0.2, 0) is 6.54 Å². The van der Waals surface area contributed by atoms with Crippen LogP contribution in [0.2, 0.25) is 0 Å². The molecule has 1 N–H and O–H groups in total. The molecule has 0 fully saturated rings. The van der Waals surface area contributed by atoms with Crippen molar-refractivity contribution in [3.8, 4) is 0 Å². The quantitative estimate of drug-likeness (QED) is 0.514. The maximum absolute atomic E-state index is 4.83. The van der Waals surface area contributed by atoms with Gasteiger partial charge in [0.05, 0.1) is 6.54 Å². The Labute approximate surface area is 40.4 Å². The zero-order chi connectivity index (χ0) is 4.69. The van der Waals surface area contributed by atoms with Gasteiger partial charge in [-0.25, -0.2) is 4.98 Å². The van der Waals surface area contributed by atoms with Crippen molar-refractivity contribution in [3.63, 3.8) is 0 Å². The molecule has 0 amide bonds. The van der Waals surface area contributed by atoms with Crippen LogP contribution in [0.25, 0.3) is 0 Å². The molecule has 0 saturated heterocycles. The van der Waals surface area contributed by atoms with Crippen molar-refractivity contribution in [2.24, 2.45) is 0 Å². The second-order valence-corrected chi connectivity index (χ2v) is 1.48. The average Bonchev–Trinajstić information content (AvgIpc) is 1.85. The van der Waals surface area contributed by atoms with Crippen LogP contribution in [0.3, 0.4) is 0 Å². The average molecular weight is 96.1 g/mol. The molecule has 3 heteroatoms. The first kappa shape index (κ1) is 3.07. The number of anilines is 1. The molecule has 1 aromatic heterocycles. The van der Waals surface area contributed by atoms with E-state index in [2.05, 4.69) is 10.3 Å². The number of nitrogens with one attached hydrogen (secondary N) is 1. The van der Waals surface area contributed by atoms with Gasteiger partial charge in [0, 0.05) is 0 Å². The molecule has 1 aliphatic heterocycles. The minimum atomic E-state index is 0.833. The minimum absolute atomic E-state index is 0.833. The van der Waals surface area contributed by atoms with Crippen molar-refractivity contribution in [2.75, 3.05) is 5.32 Å². The zero-order valence-electron chi connectivity index (χ0n) is 3.64. The second-order valence-electron chi connectivity index (χ2n) is 1.48. The summed E-state index contributed by atoms with van der Waals surface area (Å²) >= 11 is 0. The molecule has 3 nitrogen and oxygen atoms in total. The maximum atomic E-state index is 4.83. The van der Waals surface area contributed by atoms with E-state index in [1.165, 1.54) is 6.39 Å². The van der Waals surface area contributed by atoms with E-state index in [0.717, 1.165) is 18.1 Å². The molecule has 0 bridgehead atoms.